The number of amides is 3. The van der Waals surface area contributed by atoms with Crippen LogP contribution in [0.25, 0.3) is 0 Å². The third kappa shape index (κ3) is 7.28. The molecule has 0 heterocycles. The molecule has 0 aliphatic carbocycles. The molecule has 3 rings (SSSR count). The van der Waals surface area contributed by atoms with E-state index in [2.05, 4.69) is 16.0 Å². The highest BCUT2D eigenvalue weighted by Crippen LogP contribution is 2.15. The first-order valence-corrected chi connectivity index (χ1v) is 10.2. The fourth-order valence-electron chi connectivity index (χ4n) is 3.04. The van der Waals surface area contributed by atoms with E-state index in [1.807, 2.05) is 60.7 Å². The van der Waals surface area contributed by atoms with Gasteiger partial charge in [0.05, 0.1) is 0 Å². The molecule has 164 valence electrons. The van der Waals surface area contributed by atoms with Crippen molar-refractivity contribution in [3.8, 4) is 0 Å². The molecule has 3 aromatic carbocycles. The van der Waals surface area contributed by atoms with E-state index in [4.69, 9.17) is 4.74 Å². The van der Waals surface area contributed by atoms with Gasteiger partial charge < -0.3 is 20.7 Å². The molecule has 0 aliphatic heterocycles. The Morgan fingerprint density at radius 2 is 1.28 bits per heavy atom. The number of rotatable bonds is 8. The van der Waals surface area contributed by atoms with E-state index in [0.717, 1.165) is 11.1 Å². The van der Waals surface area contributed by atoms with Crippen molar-refractivity contribution in [2.45, 2.75) is 26.0 Å². The SMILES string of the molecule is CC(=O)Nc1ccc(NC(=O)[C@@H](Cc2ccccc2)NC(=O)OCc2ccccc2)cc1. The molecule has 0 aromatic heterocycles. The molecule has 0 radical (unpaired) electrons. The number of alkyl carbamates (subject to hydrolysis) is 1. The highest BCUT2D eigenvalue weighted by molar-refractivity contribution is 5.97. The maximum atomic E-state index is 12.9. The molecule has 7 nitrogen and oxygen atoms in total. The summed E-state index contributed by atoms with van der Waals surface area (Å²) in [6.45, 7) is 1.53. The Hall–Kier alpha value is -4.13. The van der Waals surface area contributed by atoms with Gasteiger partial charge in [-0.3, -0.25) is 9.59 Å². The first-order chi connectivity index (χ1) is 15.5. The highest BCUT2D eigenvalue weighted by Gasteiger charge is 2.22. The Kier molecular flexibility index (Phi) is 7.97. The number of hydrogen-bond donors (Lipinski definition) is 3. The van der Waals surface area contributed by atoms with Crippen molar-refractivity contribution < 1.29 is 19.1 Å². The summed E-state index contributed by atoms with van der Waals surface area (Å²) in [4.78, 5) is 36.5. The van der Waals surface area contributed by atoms with Crippen molar-refractivity contribution in [1.82, 2.24) is 5.32 Å². The zero-order chi connectivity index (χ0) is 22.8. The number of carbonyl (C=O) groups is 3. The average Bonchev–Trinajstić information content (AvgIpc) is 2.79. The summed E-state index contributed by atoms with van der Waals surface area (Å²) >= 11 is 0. The first kappa shape index (κ1) is 22.6. The Labute approximate surface area is 186 Å². The van der Waals surface area contributed by atoms with E-state index in [0.29, 0.717) is 17.8 Å². The van der Waals surface area contributed by atoms with E-state index in [-0.39, 0.29) is 18.4 Å². The van der Waals surface area contributed by atoms with E-state index in [9.17, 15) is 14.4 Å². The van der Waals surface area contributed by atoms with E-state index in [1.165, 1.54) is 6.92 Å². The van der Waals surface area contributed by atoms with Crippen LogP contribution in [-0.2, 0) is 27.4 Å². The zero-order valence-electron chi connectivity index (χ0n) is 17.7. The number of anilines is 2. The molecule has 0 bridgehead atoms. The van der Waals surface area contributed by atoms with Crippen molar-refractivity contribution in [2.75, 3.05) is 10.6 Å². The fourth-order valence-corrected chi connectivity index (χ4v) is 3.04. The van der Waals surface area contributed by atoms with Gasteiger partial charge in [0.1, 0.15) is 12.6 Å². The van der Waals surface area contributed by atoms with Crippen molar-refractivity contribution >= 4 is 29.3 Å². The molecule has 3 N–H and O–H groups in total. The summed E-state index contributed by atoms with van der Waals surface area (Å²) < 4.78 is 5.28. The summed E-state index contributed by atoms with van der Waals surface area (Å²) in [7, 11) is 0. The third-order valence-corrected chi connectivity index (χ3v) is 4.58. The normalized spacial score (nSPS) is 11.2. The zero-order valence-corrected chi connectivity index (χ0v) is 17.7. The monoisotopic (exact) mass is 431 g/mol. The van der Waals surface area contributed by atoms with Crippen LogP contribution in [0.3, 0.4) is 0 Å². The standard InChI is InChI=1S/C25H25N3O4/c1-18(29)26-21-12-14-22(15-13-21)27-24(30)23(16-19-8-4-2-5-9-19)28-25(31)32-17-20-10-6-3-7-11-20/h2-15,23H,16-17H2,1H3,(H,26,29)(H,27,30)(H,28,31)/t23-/m1/s1. The highest BCUT2D eigenvalue weighted by atomic mass is 16.5. The van der Waals surface area contributed by atoms with Crippen LogP contribution in [0.15, 0.2) is 84.9 Å². The molecule has 3 amide bonds. The molecule has 32 heavy (non-hydrogen) atoms. The summed E-state index contributed by atoms with van der Waals surface area (Å²) in [5.74, 6) is -0.555. The molecule has 0 fully saturated rings. The molecule has 0 unspecified atom stereocenters. The lowest BCUT2D eigenvalue weighted by molar-refractivity contribution is -0.118. The van der Waals surface area contributed by atoms with Gasteiger partial charge in [-0.1, -0.05) is 60.7 Å². The van der Waals surface area contributed by atoms with Crippen LogP contribution in [0.4, 0.5) is 16.2 Å². The first-order valence-electron chi connectivity index (χ1n) is 10.2. The van der Waals surface area contributed by atoms with Crippen LogP contribution < -0.4 is 16.0 Å². The van der Waals surface area contributed by atoms with Gasteiger partial charge in [-0.25, -0.2) is 4.79 Å². The second-order valence-corrected chi connectivity index (χ2v) is 7.20. The van der Waals surface area contributed by atoms with Crippen LogP contribution in [-0.4, -0.2) is 23.9 Å². The topological polar surface area (TPSA) is 96.5 Å². The van der Waals surface area contributed by atoms with Crippen LogP contribution in [0.1, 0.15) is 18.1 Å². The van der Waals surface area contributed by atoms with Gasteiger partial charge in [-0.2, -0.15) is 0 Å². The van der Waals surface area contributed by atoms with Crippen LogP contribution in [0, 0.1) is 0 Å². The maximum Gasteiger partial charge on any atom is 0.408 e. The van der Waals surface area contributed by atoms with Gasteiger partial charge in [0, 0.05) is 24.7 Å². The summed E-state index contributed by atoms with van der Waals surface area (Å²) in [5, 5.41) is 8.13. The molecule has 0 aliphatic rings. The van der Waals surface area contributed by atoms with Crippen molar-refractivity contribution in [3.63, 3.8) is 0 Å². The molecule has 1 atom stereocenters. The average molecular weight is 431 g/mol. The smallest absolute Gasteiger partial charge is 0.408 e. The van der Waals surface area contributed by atoms with Crippen molar-refractivity contribution in [1.29, 1.82) is 0 Å². The van der Waals surface area contributed by atoms with Crippen LogP contribution in [0.5, 0.6) is 0 Å². The molecular weight excluding hydrogens is 406 g/mol. The summed E-state index contributed by atoms with van der Waals surface area (Å²) in [6, 6.07) is 24.6. The number of hydrogen-bond acceptors (Lipinski definition) is 4. The number of benzene rings is 3. The Balaban J connectivity index is 1.65. The maximum absolute atomic E-state index is 12.9. The lowest BCUT2D eigenvalue weighted by atomic mass is 10.1. The van der Waals surface area contributed by atoms with Crippen LogP contribution in [0.2, 0.25) is 0 Å². The quantitative estimate of drug-likeness (QED) is 0.500. The van der Waals surface area contributed by atoms with E-state index >= 15 is 0 Å². The second kappa shape index (κ2) is 11.3. The van der Waals surface area contributed by atoms with E-state index < -0.39 is 12.1 Å². The number of nitrogens with one attached hydrogen (secondary N) is 3. The summed E-state index contributed by atoms with van der Waals surface area (Å²) in [5.41, 5.74) is 2.92. The fraction of sp³-hybridized carbons (Fsp3) is 0.160. The van der Waals surface area contributed by atoms with Gasteiger partial charge >= 0.3 is 6.09 Å². The minimum absolute atomic E-state index is 0.108. The van der Waals surface area contributed by atoms with Crippen molar-refractivity contribution in [2.24, 2.45) is 0 Å². The van der Waals surface area contributed by atoms with Gasteiger partial charge in [0.15, 0.2) is 0 Å². The molecule has 0 spiro atoms. The van der Waals surface area contributed by atoms with Gasteiger partial charge in [-0.05, 0) is 35.4 Å². The van der Waals surface area contributed by atoms with Crippen LogP contribution >= 0.6 is 0 Å². The van der Waals surface area contributed by atoms with Crippen molar-refractivity contribution in [3.05, 3.63) is 96.1 Å². The number of carbonyl (C=O) groups excluding carboxylic acids is 3. The largest absolute Gasteiger partial charge is 0.445 e. The predicted molar refractivity (Wildman–Crippen MR) is 123 cm³/mol. The predicted octanol–water partition coefficient (Wildman–Crippen LogP) is 4.12. The Morgan fingerprint density at radius 1 is 0.750 bits per heavy atom. The lowest BCUT2D eigenvalue weighted by Crippen LogP contribution is -2.45. The third-order valence-electron chi connectivity index (χ3n) is 4.58. The second-order valence-electron chi connectivity index (χ2n) is 7.20. The molecular formula is C25H25N3O4. The molecule has 0 saturated carbocycles. The minimum atomic E-state index is -0.837. The van der Waals surface area contributed by atoms with E-state index in [1.54, 1.807) is 24.3 Å². The Bertz CT molecular complexity index is 1040. The summed E-state index contributed by atoms with van der Waals surface area (Å²) in [6.07, 6.45) is -0.372. The van der Waals surface area contributed by atoms with Gasteiger partial charge in [0.25, 0.3) is 0 Å². The minimum Gasteiger partial charge on any atom is -0.445 e. The molecule has 0 saturated heterocycles. The lowest BCUT2D eigenvalue weighted by Gasteiger charge is -2.19. The number of ether oxygens (including phenoxy) is 1. The van der Waals surface area contributed by atoms with Gasteiger partial charge in [-0.15, -0.1) is 0 Å². The molecule has 3 aromatic rings. The molecule has 7 heteroatoms. The Morgan fingerprint density at radius 3 is 1.84 bits per heavy atom. The van der Waals surface area contributed by atoms with Gasteiger partial charge in [0.2, 0.25) is 11.8 Å².